The third kappa shape index (κ3) is 8.28. The predicted octanol–water partition coefficient (Wildman–Crippen LogP) is 3.50. The first-order valence-corrected chi connectivity index (χ1v) is 19.9. The van der Waals surface area contributed by atoms with E-state index in [0.717, 1.165) is 5.39 Å². The Morgan fingerprint density at radius 1 is 1.13 bits per heavy atom. The number of rotatable bonds is 7. The fourth-order valence-corrected chi connectivity index (χ4v) is 8.36. The van der Waals surface area contributed by atoms with E-state index in [4.69, 9.17) is 18.9 Å². The van der Waals surface area contributed by atoms with Crippen LogP contribution in [0.1, 0.15) is 80.1 Å². The quantitative estimate of drug-likeness (QED) is 0.350. The van der Waals surface area contributed by atoms with Gasteiger partial charge in [-0.3, -0.25) is 19.1 Å². The molecule has 0 unspecified atom stereocenters. The molecule has 2 saturated carbocycles. The number of benzene rings is 1. The summed E-state index contributed by atoms with van der Waals surface area (Å²) < 4.78 is 51.0. The molecule has 4 aliphatic rings. The Morgan fingerprint density at radius 2 is 1.87 bits per heavy atom. The van der Waals surface area contributed by atoms with Crippen LogP contribution < -0.4 is 24.8 Å². The molecule has 2 aliphatic heterocycles. The maximum Gasteiger partial charge on any atom is 0.408 e. The number of alkyl carbamates (subject to hydrolysis) is 1. The average molecular weight is 770 g/mol. The second-order valence-corrected chi connectivity index (χ2v) is 18.3. The van der Waals surface area contributed by atoms with Gasteiger partial charge in [-0.1, -0.05) is 12.2 Å². The van der Waals surface area contributed by atoms with E-state index in [-0.39, 0.29) is 31.4 Å². The Labute approximate surface area is 315 Å². The van der Waals surface area contributed by atoms with Crippen molar-refractivity contribution in [2.45, 2.75) is 126 Å². The summed E-state index contributed by atoms with van der Waals surface area (Å²) in [6.45, 7) is 10.1. The number of fused-ring (bicyclic) bond motifs is 3. The highest BCUT2D eigenvalue weighted by Gasteiger charge is 2.63. The van der Waals surface area contributed by atoms with Crippen LogP contribution >= 0.6 is 0 Å². The summed E-state index contributed by atoms with van der Waals surface area (Å²) in [5, 5.41) is 7.04. The van der Waals surface area contributed by atoms with Crippen molar-refractivity contribution in [3.63, 3.8) is 0 Å². The smallest absolute Gasteiger partial charge is 0.408 e. The van der Waals surface area contributed by atoms with Crippen LogP contribution in [0.25, 0.3) is 10.8 Å². The van der Waals surface area contributed by atoms with Gasteiger partial charge in [-0.2, -0.15) is 0 Å². The fourth-order valence-electron chi connectivity index (χ4n) is 7.05. The van der Waals surface area contributed by atoms with Gasteiger partial charge in [-0.05, 0) is 103 Å². The lowest BCUT2D eigenvalue weighted by Gasteiger charge is -2.33. The van der Waals surface area contributed by atoms with E-state index in [1.165, 1.54) is 4.90 Å². The number of methoxy groups -OCH3 is 1. The molecule has 2 aromatic rings. The van der Waals surface area contributed by atoms with E-state index in [2.05, 4.69) is 20.3 Å². The van der Waals surface area contributed by atoms with Gasteiger partial charge in [0.25, 0.3) is 5.91 Å². The third-order valence-corrected chi connectivity index (χ3v) is 12.8. The molecule has 54 heavy (non-hydrogen) atoms. The summed E-state index contributed by atoms with van der Waals surface area (Å²) in [4.78, 5) is 61.9. The Morgan fingerprint density at radius 3 is 2.56 bits per heavy atom. The van der Waals surface area contributed by atoms with Crippen LogP contribution in [0.3, 0.4) is 0 Å². The van der Waals surface area contributed by atoms with Crippen LogP contribution in [0.2, 0.25) is 0 Å². The maximum absolute atomic E-state index is 14.7. The topological polar surface area (TPSA) is 192 Å². The number of aromatic nitrogens is 1. The minimum atomic E-state index is -4.01. The van der Waals surface area contributed by atoms with Crippen molar-refractivity contribution in [3.05, 3.63) is 42.6 Å². The van der Waals surface area contributed by atoms with Crippen molar-refractivity contribution < 1.29 is 46.5 Å². The van der Waals surface area contributed by atoms with Crippen LogP contribution in [0.15, 0.2) is 42.6 Å². The summed E-state index contributed by atoms with van der Waals surface area (Å²) >= 11 is 0. The zero-order valence-electron chi connectivity index (χ0n) is 31.8. The number of nitrogens with one attached hydrogen (secondary N) is 3. The van der Waals surface area contributed by atoms with E-state index in [0.29, 0.717) is 36.8 Å². The lowest BCUT2D eigenvalue weighted by molar-refractivity contribution is -0.144. The van der Waals surface area contributed by atoms with Crippen LogP contribution in [0, 0.1) is 5.92 Å². The standard InChI is InChI=1S/C38H51N5O10S/c1-22-10-8-9-11-25-20-38(25,34(46)42-54(48,49)37(6)15-16-37)41-31(44)29-19-27(52-32-28-13-12-26(50-7)18-24(28)14-17-39-32)21-43(29)33(45)30(23(2)51-22)40-35(47)53-36(3,4)5/h9,11-14,17-18,22-23,25,27,29-30H,8,10,15-16,19-21H2,1-7H3,(H,40,47)(H,41,44)(H,42,46)/b11-9-/t22-,23+,25-,27-,29+,30+,38-/m1/s1. The normalized spacial score (nSPS) is 30.4. The highest BCUT2D eigenvalue weighted by atomic mass is 32.2. The van der Waals surface area contributed by atoms with Crippen molar-refractivity contribution >= 4 is 44.6 Å². The van der Waals surface area contributed by atoms with Crippen molar-refractivity contribution in [1.82, 2.24) is 25.2 Å². The van der Waals surface area contributed by atoms with E-state index in [9.17, 15) is 27.6 Å². The molecule has 3 N–H and O–H groups in total. The molecular formula is C38H51N5O10S. The number of carbonyl (C=O) groups is 4. The molecular weight excluding hydrogens is 719 g/mol. The summed E-state index contributed by atoms with van der Waals surface area (Å²) in [6.07, 6.45) is 4.65. The number of amides is 4. The molecule has 6 rings (SSSR count). The first-order chi connectivity index (χ1) is 25.3. The van der Waals surface area contributed by atoms with E-state index in [1.807, 2.05) is 37.3 Å². The Balaban J connectivity index is 1.35. The molecule has 2 aliphatic carbocycles. The monoisotopic (exact) mass is 769 g/mol. The summed E-state index contributed by atoms with van der Waals surface area (Å²) in [5.41, 5.74) is -2.42. The fraction of sp³-hybridized carbons (Fsp3) is 0.605. The molecule has 0 radical (unpaired) electrons. The highest BCUT2D eigenvalue weighted by molar-refractivity contribution is 7.91. The molecule has 0 bridgehead atoms. The SMILES string of the molecule is COc1ccc2c(O[C@@H]3C[C@H]4C(=O)N[C@]5(C(=O)NS(=O)(=O)C6(C)CC6)C[C@H]5/C=C\CC[C@@H](C)O[C@@H](C)[C@H](NC(=O)OC(C)(C)C)C(=O)N4C3)nccc2c1. The van der Waals surface area contributed by atoms with Crippen molar-refractivity contribution in [2.75, 3.05) is 13.7 Å². The molecule has 15 nitrogen and oxygen atoms in total. The highest BCUT2D eigenvalue weighted by Crippen LogP contribution is 2.47. The second kappa shape index (κ2) is 14.7. The molecule has 294 valence electrons. The van der Waals surface area contributed by atoms with Crippen LogP contribution in [-0.2, 0) is 33.9 Å². The summed E-state index contributed by atoms with van der Waals surface area (Å²) in [5.74, 6) is -1.67. The lowest BCUT2D eigenvalue weighted by Crippen LogP contribution is -2.60. The zero-order chi connectivity index (χ0) is 39.2. The molecule has 1 aromatic heterocycles. The number of hydrogen-bond acceptors (Lipinski definition) is 11. The van der Waals surface area contributed by atoms with Gasteiger partial charge >= 0.3 is 6.09 Å². The number of nitrogens with zero attached hydrogens (tertiary/aromatic N) is 2. The van der Waals surface area contributed by atoms with Crippen LogP contribution in [0.4, 0.5) is 4.79 Å². The van der Waals surface area contributed by atoms with Crippen molar-refractivity contribution in [3.8, 4) is 11.6 Å². The molecule has 0 spiro atoms. The molecule has 16 heteroatoms. The van der Waals surface area contributed by atoms with Crippen LogP contribution in [-0.4, -0.2) is 102 Å². The minimum absolute atomic E-state index is 0.00513. The van der Waals surface area contributed by atoms with E-state index >= 15 is 0 Å². The van der Waals surface area contributed by atoms with Crippen molar-refractivity contribution in [1.29, 1.82) is 0 Å². The van der Waals surface area contributed by atoms with Gasteiger partial charge in [0, 0.05) is 23.9 Å². The van der Waals surface area contributed by atoms with Crippen LogP contribution in [0.5, 0.6) is 11.6 Å². The molecule has 4 amide bonds. The van der Waals surface area contributed by atoms with Gasteiger partial charge < -0.3 is 34.5 Å². The Kier molecular flexibility index (Phi) is 10.7. The number of hydrogen-bond donors (Lipinski definition) is 3. The van der Waals surface area contributed by atoms with E-state index < -0.39 is 79.9 Å². The summed E-state index contributed by atoms with van der Waals surface area (Å²) in [7, 11) is -2.44. The number of allylic oxidation sites excluding steroid dienone is 1. The molecule has 1 aromatic carbocycles. The average Bonchev–Trinajstić information content (AvgIpc) is 3.97. The number of pyridine rings is 1. The predicted molar refractivity (Wildman–Crippen MR) is 198 cm³/mol. The Bertz CT molecular complexity index is 1940. The first-order valence-electron chi connectivity index (χ1n) is 18.4. The van der Waals surface area contributed by atoms with Gasteiger partial charge in [-0.15, -0.1) is 0 Å². The Hall–Kier alpha value is -4.44. The number of sulfonamides is 1. The van der Waals surface area contributed by atoms with Crippen molar-refractivity contribution in [2.24, 2.45) is 5.92 Å². The van der Waals surface area contributed by atoms with Gasteiger partial charge in [0.05, 0.1) is 30.6 Å². The molecule has 1 saturated heterocycles. The molecule has 3 heterocycles. The second-order valence-electron chi connectivity index (χ2n) is 16.1. The van der Waals surface area contributed by atoms with Gasteiger partial charge in [-0.25, -0.2) is 18.2 Å². The first kappa shape index (κ1) is 39.3. The lowest BCUT2D eigenvalue weighted by atomic mass is 10.1. The molecule has 3 fully saturated rings. The largest absolute Gasteiger partial charge is 0.497 e. The van der Waals surface area contributed by atoms with Gasteiger partial charge in [0.15, 0.2) is 0 Å². The summed E-state index contributed by atoms with van der Waals surface area (Å²) in [6, 6.07) is 4.78. The minimum Gasteiger partial charge on any atom is -0.497 e. The maximum atomic E-state index is 14.7. The van der Waals surface area contributed by atoms with Gasteiger partial charge in [0.2, 0.25) is 27.7 Å². The number of carbonyl (C=O) groups excluding carboxylic acids is 4. The molecule has 7 atom stereocenters. The zero-order valence-corrected chi connectivity index (χ0v) is 32.7. The number of ether oxygens (including phenoxy) is 4. The van der Waals surface area contributed by atoms with Gasteiger partial charge in [0.1, 0.15) is 35.1 Å². The van der Waals surface area contributed by atoms with E-state index in [1.54, 1.807) is 54.0 Å². The third-order valence-electron chi connectivity index (χ3n) is 10.6.